The molecule has 21 heavy (non-hydrogen) atoms. The molecule has 1 heterocycles. The Morgan fingerprint density at radius 3 is 2.48 bits per heavy atom. The van der Waals surface area contributed by atoms with E-state index in [9.17, 15) is 0 Å². The molecule has 0 amide bonds. The van der Waals surface area contributed by atoms with E-state index < -0.39 is 0 Å². The number of benzene rings is 2. The maximum Gasteiger partial charge on any atom is 0.183 e. The summed E-state index contributed by atoms with van der Waals surface area (Å²) in [7, 11) is 0. The van der Waals surface area contributed by atoms with Gasteiger partial charge in [0.15, 0.2) is 5.13 Å². The molecule has 0 bridgehead atoms. The van der Waals surface area contributed by atoms with Gasteiger partial charge in [-0.15, -0.1) is 0 Å². The lowest BCUT2D eigenvalue weighted by Gasteiger charge is -2.04. The minimum Gasteiger partial charge on any atom is -0.361 e. The van der Waals surface area contributed by atoms with E-state index in [1.807, 2.05) is 30.3 Å². The Labute approximate surface area is 141 Å². The fraction of sp³-hybridized carbons (Fsp3) is 0.133. The minimum atomic E-state index is 0.659. The summed E-state index contributed by atoms with van der Waals surface area (Å²) in [6, 6.07) is 11.3. The van der Waals surface area contributed by atoms with Crippen molar-refractivity contribution in [2.75, 3.05) is 11.9 Å². The number of anilines is 1. The van der Waals surface area contributed by atoms with Crippen LogP contribution < -0.4 is 5.32 Å². The van der Waals surface area contributed by atoms with Gasteiger partial charge < -0.3 is 5.32 Å². The van der Waals surface area contributed by atoms with Crippen LogP contribution in [0.15, 0.2) is 36.4 Å². The SMILES string of the molecule is Clc1cc(Cl)cc(CCNc2nc3ccc(Cl)cc3s2)c1. The Bertz CT molecular complexity index is 765. The van der Waals surface area contributed by atoms with E-state index in [0.717, 1.165) is 38.9 Å². The van der Waals surface area contributed by atoms with E-state index in [0.29, 0.717) is 10.0 Å². The molecule has 6 heteroatoms. The Balaban J connectivity index is 1.66. The van der Waals surface area contributed by atoms with Crippen LogP contribution in [-0.2, 0) is 6.42 Å². The molecule has 0 spiro atoms. The van der Waals surface area contributed by atoms with Crippen LogP contribution in [-0.4, -0.2) is 11.5 Å². The van der Waals surface area contributed by atoms with Gasteiger partial charge in [0.05, 0.1) is 10.2 Å². The second kappa shape index (κ2) is 6.41. The van der Waals surface area contributed by atoms with Crippen LogP contribution in [0.1, 0.15) is 5.56 Å². The minimum absolute atomic E-state index is 0.659. The monoisotopic (exact) mass is 356 g/mol. The first-order chi connectivity index (χ1) is 10.1. The van der Waals surface area contributed by atoms with Crippen molar-refractivity contribution >= 4 is 61.5 Å². The summed E-state index contributed by atoms with van der Waals surface area (Å²) in [4.78, 5) is 4.52. The van der Waals surface area contributed by atoms with Crippen LogP contribution in [0.2, 0.25) is 15.1 Å². The number of halogens is 3. The van der Waals surface area contributed by atoms with E-state index in [2.05, 4.69) is 10.3 Å². The van der Waals surface area contributed by atoms with Crippen LogP contribution in [0.25, 0.3) is 10.2 Å². The standard InChI is InChI=1S/C15H11Cl3N2S/c16-10-1-2-13-14(8-10)21-15(20-13)19-4-3-9-5-11(17)7-12(18)6-9/h1-2,5-8H,3-4H2,(H,19,20). The van der Waals surface area contributed by atoms with Gasteiger partial charge in [0.2, 0.25) is 0 Å². The summed E-state index contributed by atoms with van der Waals surface area (Å²) in [6.45, 7) is 0.768. The number of hydrogen-bond donors (Lipinski definition) is 1. The third-order valence-corrected chi connectivity index (χ3v) is 4.61. The van der Waals surface area contributed by atoms with Gasteiger partial charge in [-0.2, -0.15) is 0 Å². The fourth-order valence-electron chi connectivity index (χ4n) is 2.04. The van der Waals surface area contributed by atoms with E-state index in [-0.39, 0.29) is 0 Å². The number of aromatic nitrogens is 1. The lowest BCUT2D eigenvalue weighted by Crippen LogP contribution is -2.04. The van der Waals surface area contributed by atoms with E-state index in [1.54, 1.807) is 17.4 Å². The normalized spacial score (nSPS) is 11.0. The molecule has 108 valence electrons. The van der Waals surface area contributed by atoms with Crippen molar-refractivity contribution in [2.24, 2.45) is 0 Å². The van der Waals surface area contributed by atoms with Gasteiger partial charge in [0.1, 0.15) is 0 Å². The molecule has 2 aromatic carbocycles. The zero-order valence-corrected chi connectivity index (χ0v) is 14.0. The summed E-state index contributed by atoms with van der Waals surface area (Å²) >= 11 is 19.5. The van der Waals surface area contributed by atoms with Crippen molar-refractivity contribution in [3.8, 4) is 0 Å². The molecule has 0 atom stereocenters. The summed E-state index contributed by atoms with van der Waals surface area (Å²) in [5.74, 6) is 0. The Morgan fingerprint density at radius 1 is 0.952 bits per heavy atom. The highest BCUT2D eigenvalue weighted by Crippen LogP contribution is 2.28. The molecule has 0 saturated heterocycles. The lowest BCUT2D eigenvalue weighted by molar-refractivity contribution is 1.02. The topological polar surface area (TPSA) is 24.9 Å². The Kier molecular flexibility index (Phi) is 4.55. The second-order valence-corrected chi connectivity index (χ2v) is 6.93. The van der Waals surface area contributed by atoms with Crippen LogP contribution in [0.3, 0.4) is 0 Å². The third-order valence-electron chi connectivity index (χ3n) is 2.96. The smallest absolute Gasteiger partial charge is 0.183 e. The maximum absolute atomic E-state index is 5.99. The summed E-state index contributed by atoms with van der Waals surface area (Å²) < 4.78 is 1.08. The highest BCUT2D eigenvalue weighted by molar-refractivity contribution is 7.22. The van der Waals surface area contributed by atoms with E-state index >= 15 is 0 Å². The lowest BCUT2D eigenvalue weighted by atomic mass is 10.1. The number of nitrogens with one attached hydrogen (secondary N) is 1. The van der Waals surface area contributed by atoms with Crippen LogP contribution in [0, 0.1) is 0 Å². The van der Waals surface area contributed by atoms with Gasteiger partial charge in [0, 0.05) is 21.6 Å². The number of thiazole rings is 1. The molecule has 0 aliphatic carbocycles. The molecule has 0 unspecified atom stereocenters. The zero-order chi connectivity index (χ0) is 14.8. The van der Waals surface area contributed by atoms with Gasteiger partial charge >= 0.3 is 0 Å². The third kappa shape index (κ3) is 3.80. The van der Waals surface area contributed by atoms with Gasteiger partial charge in [-0.25, -0.2) is 4.98 Å². The molecule has 0 radical (unpaired) electrons. The number of fused-ring (bicyclic) bond motifs is 1. The molecular weight excluding hydrogens is 347 g/mol. The molecule has 0 aliphatic heterocycles. The van der Waals surface area contributed by atoms with E-state index in [4.69, 9.17) is 34.8 Å². The number of rotatable bonds is 4. The first-order valence-electron chi connectivity index (χ1n) is 6.35. The maximum atomic E-state index is 5.99. The molecular formula is C15H11Cl3N2S. The molecule has 1 N–H and O–H groups in total. The molecule has 0 fully saturated rings. The molecule has 1 aromatic heterocycles. The van der Waals surface area contributed by atoms with Crippen molar-refractivity contribution in [3.63, 3.8) is 0 Å². The highest BCUT2D eigenvalue weighted by Gasteiger charge is 2.04. The van der Waals surface area contributed by atoms with Crippen molar-refractivity contribution in [2.45, 2.75) is 6.42 Å². The van der Waals surface area contributed by atoms with Crippen LogP contribution in [0.4, 0.5) is 5.13 Å². The van der Waals surface area contributed by atoms with Crippen molar-refractivity contribution in [3.05, 3.63) is 57.0 Å². The first kappa shape index (κ1) is 14.9. The largest absolute Gasteiger partial charge is 0.361 e. The average Bonchev–Trinajstić information content (AvgIpc) is 2.79. The van der Waals surface area contributed by atoms with Crippen molar-refractivity contribution in [1.82, 2.24) is 4.98 Å². The summed E-state index contributed by atoms with van der Waals surface area (Å²) in [6.07, 6.45) is 0.830. The first-order valence-corrected chi connectivity index (χ1v) is 8.30. The predicted octanol–water partition coefficient (Wildman–Crippen LogP) is 5.91. The summed E-state index contributed by atoms with van der Waals surface area (Å²) in [5, 5.41) is 6.26. The van der Waals surface area contributed by atoms with Crippen molar-refractivity contribution in [1.29, 1.82) is 0 Å². The van der Waals surface area contributed by atoms with Gasteiger partial charge in [-0.1, -0.05) is 46.1 Å². The molecule has 0 saturated carbocycles. The van der Waals surface area contributed by atoms with Gasteiger partial charge in [-0.3, -0.25) is 0 Å². The summed E-state index contributed by atoms with van der Waals surface area (Å²) in [5.41, 5.74) is 2.06. The van der Waals surface area contributed by atoms with Gasteiger partial charge in [0.25, 0.3) is 0 Å². The van der Waals surface area contributed by atoms with Crippen LogP contribution >= 0.6 is 46.1 Å². The van der Waals surface area contributed by atoms with Crippen molar-refractivity contribution < 1.29 is 0 Å². The Hall–Kier alpha value is -1.00. The number of hydrogen-bond acceptors (Lipinski definition) is 3. The second-order valence-electron chi connectivity index (χ2n) is 4.59. The van der Waals surface area contributed by atoms with Gasteiger partial charge in [-0.05, 0) is 48.4 Å². The predicted molar refractivity (Wildman–Crippen MR) is 93.3 cm³/mol. The highest BCUT2D eigenvalue weighted by atomic mass is 35.5. The van der Waals surface area contributed by atoms with E-state index in [1.165, 1.54) is 0 Å². The molecule has 0 aliphatic rings. The van der Waals surface area contributed by atoms with Crippen LogP contribution in [0.5, 0.6) is 0 Å². The quantitative estimate of drug-likeness (QED) is 0.627. The molecule has 3 aromatic rings. The average molecular weight is 358 g/mol. The Morgan fingerprint density at radius 2 is 1.71 bits per heavy atom. The zero-order valence-electron chi connectivity index (χ0n) is 10.9. The number of nitrogens with zero attached hydrogens (tertiary/aromatic N) is 1. The molecule has 2 nitrogen and oxygen atoms in total. The fourth-order valence-corrected chi connectivity index (χ4v) is 3.78. The molecule has 3 rings (SSSR count).